The molecule has 0 saturated heterocycles. The molecule has 1 heterocycles. The van der Waals surface area contributed by atoms with Gasteiger partial charge in [0.1, 0.15) is 6.23 Å². The molecule has 1 amide bonds. The fourth-order valence-electron chi connectivity index (χ4n) is 1.18. The summed E-state index contributed by atoms with van der Waals surface area (Å²) >= 11 is 0. The predicted molar refractivity (Wildman–Crippen MR) is 43.7 cm³/mol. The molecule has 72 valence electrons. The van der Waals surface area contributed by atoms with Crippen LogP contribution in [-0.4, -0.2) is 39.8 Å². The molecule has 1 unspecified atom stereocenters. The van der Waals surface area contributed by atoms with Crippen molar-refractivity contribution < 1.29 is 19.8 Å². The van der Waals surface area contributed by atoms with Crippen molar-refractivity contribution in [3.63, 3.8) is 0 Å². The molecule has 0 spiro atoms. The summed E-state index contributed by atoms with van der Waals surface area (Å²) in [6.45, 7) is 1.63. The highest BCUT2D eigenvalue weighted by atomic mass is 16.4. The van der Waals surface area contributed by atoms with Crippen LogP contribution in [0.3, 0.4) is 0 Å². The van der Waals surface area contributed by atoms with Gasteiger partial charge in [-0.25, -0.2) is 0 Å². The lowest BCUT2D eigenvalue weighted by atomic mass is 10.3. The van der Waals surface area contributed by atoms with Gasteiger partial charge in [0.15, 0.2) is 0 Å². The van der Waals surface area contributed by atoms with Crippen molar-refractivity contribution in [1.29, 1.82) is 0 Å². The molecule has 5 nitrogen and oxygen atoms in total. The topological polar surface area (TPSA) is 77.8 Å². The number of carbonyl (C=O) groups is 2. The van der Waals surface area contributed by atoms with Gasteiger partial charge in [0.25, 0.3) is 5.91 Å². The van der Waals surface area contributed by atoms with E-state index >= 15 is 0 Å². The number of aliphatic carboxylic acids is 1. The van der Waals surface area contributed by atoms with Crippen molar-refractivity contribution in [2.75, 3.05) is 6.54 Å². The number of hydrogen-bond acceptors (Lipinski definition) is 3. The van der Waals surface area contributed by atoms with Gasteiger partial charge in [0.05, 0.1) is 6.42 Å². The molecule has 1 aliphatic rings. The maximum Gasteiger partial charge on any atom is 0.305 e. The van der Waals surface area contributed by atoms with Crippen molar-refractivity contribution in [3.05, 3.63) is 11.6 Å². The molecule has 5 heteroatoms. The minimum atomic E-state index is -0.982. The highest BCUT2D eigenvalue weighted by molar-refractivity contribution is 5.95. The Balaban J connectivity index is 2.53. The predicted octanol–water partition coefficient (Wildman–Crippen LogP) is -0.432. The van der Waals surface area contributed by atoms with Crippen molar-refractivity contribution >= 4 is 11.9 Å². The maximum atomic E-state index is 11.2. The number of aliphatic hydroxyl groups is 1. The van der Waals surface area contributed by atoms with Crippen LogP contribution in [0.25, 0.3) is 0 Å². The maximum absolute atomic E-state index is 11.2. The Morgan fingerprint density at radius 3 is 2.69 bits per heavy atom. The molecule has 1 atom stereocenters. The van der Waals surface area contributed by atoms with Crippen LogP contribution in [-0.2, 0) is 9.59 Å². The largest absolute Gasteiger partial charge is 0.481 e. The summed E-state index contributed by atoms with van der Waals surface area (Å²) in [6, 6.07) is 0. The third-order valence-corrected chi connectivity index (χ3v) is 1.88. The lowest BCUT2D eigenvalue weighted by molar-refractivity contribution is -0.139. The van der Waals surface area contributed by atoms with Gasteiger partial charge in [-0.05, 0) is 13.0 Å². The molecule has 1 rings (SSSR count). The second-order valence-electron chi connectivity index (χ2n) is 2.91. The van der Waals surface area contributed by atoms with Crippen LogP contribution in [0.5, 0.6) is 0 Å². The summed E-state index contributed by atoms with van der Waals surface area (Å²) in [6.07, 6.45) is 0.292. The van der Waals surface area contributed by atoms with Gasteiger partial charge in [-0.2, -0.15) is 0 Å². The van der Waals surface area contributed by atoms with E-state index in [9.17, 15) is 14.7 Å². The Labute approximate surface area is 75.3 Å². The molecule has 13 heavy (non-hydrogen) atoms. The molecular formula is C8H11NO4. The minimum Gasteiger partial charge on any atom is -0.481 e. The van der Waals surface area contributed by atoms with Gasteiger partial charge in [0, 0.05) is 12.1 Å². The number of carboxylic acids is 1. The van der Waals surface area contributed by atoms with E-state index in [1.807, 2.05) is 0 Å². The van der Waals surface area contributed by atoms with Gasteiger partial charge in [-0.3, -0.25) is 9.59 Å². The Bertz CT molecular complexity index is 271. The number of aliphatic hydroxyl groups excluding tert-OH is 1. The van der Waals surface area contributed by atoms with Crippen LogP contribution < -0.4 is 0 Å². The van der Waals surface area contributed by atoms with E-state index in [1.165, 1.54) is 6.08 Å². The molecule has 0 aliphatic carbocycles. The zero-order valence-electron chi connectivity index (χ0n) is 7.23. The van der Waals surface area contributed by atoms with Crippen LogP contribution in [0, 0.1) is 0 Å². The number of nitrogens with zero attached hydrogens (tertiary/aromatic N) is 1. The molecule has 2 N–H and O–H groups in total. The molecule has 0 fully saturated rings. The molecule has 0 bridgehead atoms. The minimum absolute atomic E-state index is 0.0448. The summed E-state index contributed by atoms with van der Waals surface area (Å²) in [5, 5.41) is 17.7. The molecule has 0 aromatic carbocycles. The van der Waals surface area contributed by atoms with E-state index in [-0.39, 0.29) is 18.9 Å². The lowest BCUT2D eigenvalue weighted by Gasteiger charge is -2.19. The summed E-state index contributed by atoms with van der Waals surface area (Å²) < 4.78 is 0. The Morgan fingerprint density at radius 1 is 1.69 bits per heavy atom. The molecule has 0 aromatic heterocycles. The summed E-state index contributed by atoms with van der Waals surface area (Å²) in [4.78, 5) is 22.6. The van der Waals surface area contributed by atoms with Crippen molar-refractivity contribution in [2.45, 2.75) is 19.6 Å². The van der Waals surface area contributed by atoms with Gasteiger partial charge in [-0.1, -0.05) is 0 Å². The zero-order valence-corrected chi connectivity index (χ0v) is 7.23. The number of carbonyl (C=O) groups excluding carboxylic acids is 1. The SMILES string of the molecule is CC1=CC(O)N(CCC(=O)O)C1=O. The standard InChI is InChI=1S/C8H11NO4/c1-5-4-6(10)9(8(5)13)3-2-7(11)12/h4,6,10H,2-3H2,1H3,(H,11,12). The first-order chi connectivity index (χ1) is 6.02. The number of amides is 1. The average molecular weight is 185 g/mol. The summed E-state index contributed by atoms with van der Waals surface area (Å²) in [5.41, 5.74) is 0.456. The van der Waals surface area contributed by atoms with E-state index in [0.29, 0.717) is 5.57 Å². The first-order valence-electron chi connectivity index (χ1n) is 3.91. The smallest absolute Gasteiger partial charge is 0.305 e. The van der Waals surface area contributed by atoms with Crippen molar-refractivity contribution in [2.24, 2.45) is 0 Å². The highest BCUT2D eigenvalue weighted by Gasteiger charge is 2.28. The van der Waals surface area contributed by atoms with Crippen LogP contribution >= 0.6 is 0 Å². The first kappa shape index (κ1) is 9.73. The van der Waals surface area contributed by atoms with E-state index in [2.05, 4.69) is 0 Å². The monoisotopic (exact) mass is 185 g/mol. The highest BCUT2D eigenvalue weighted by Crippen LogP contribution is 2.15. The molecule has 0 aromatic rings. The fourth-order valence-corrected chi connectivity index (χ4v) is 1.18. The molecule has 0 saturated carbocycles. The third-order valence-electron chi connectivity index (χ3n) is 1.88. The van der Waals surface area contributed by atoms with Gasteiger partial charge in [-0.15, -0.1) is 0 Å². The van der Waals surface area contributed by atoms with Crippen LogP contribution in [0.1, 0.15) is 13.3 Å². The lowest BCUT2D eigenvalue weighted by Crippen LogP contribution is -2.35. The van der Waals surface area contributed by atoms with Gasteiger partial charge in [0.2, 0.25) is 0 Å². The van der Waals surface area contributed by atoms with Gasteiger partial charge < -0.3 is 15.1 Å². The quantitative estimate of drug-likeness (QED) is 0.625. The molecule has 1 aliphatic heterocycles. The van der Waals surface area contributed by atoms with Crippen molar-refractivity contribution in [1.82, 2.24) is 4.90 Å². The van der Waals surface area contributed by atoms with Crippen LogP contribution in [0.15, 0.2) is 11.6 Å². The Morgan fingerprint density at radius 2 is 2.31 bits per heavy atom. The number of hydrogen-bond donors (Lipinski definition) is 2. The van der Waals surface area contributed by atoms with Crippen molar-refractivity contribution in [3.8, 4) is 0 Å². The van der Waals surface area contributed by atoms with E-state index < -0.39 is 12.2 Å². The molecule has 0 radical (unpaired) electrons. The number of carboxylic acid groups (broad SMARTS) is 1. The zero-order chi connectivity index (χ0) is 10.0. The second kappa shape index (κ2) is 3.57. The summed E-state index contributed by atoms with van der Waals surface area (Å²) in [5.74, 6) is -1.28. The Hall–Kier alpha value is -1.36. The van der Waals surface area contributed by atoms with Crippen LogP contribution in [0.4, 0.5) is 0 Å². The fraction of sp³-hybridized carbons (Fsp3) is 0.500. The van der Waals surface area contributed by atoms with E-state index in [1.54, 1.807) is 6.92 Å². The van der Waals surface area contributed by atoms with E-state index in [4.69, 9.17) is 5.11 Å². The average Bonchev–Trinajstić information content (AvgIpc) is 2.24. The first-order valence-corrected chi connectivity index (χ1v) is 3.91. The third kappa shape index (κ3) is 2.06. The van der Waals surface area contributed by atoms with Crippen LogP contribution in [0.2, 0.25) is 0 Å². The van der Waals surface area contributed by atoms with Gasteiger partial charge >= 0.3 is 5.97 Å². The molecular weight excluding hydrogens is 174 g/mol. The normalized spacial score (nSPS) is 22.0. The van der Waals surface area contributed by atoms with E-state index in [0.717, 1.165) is 4.90 Å². The Kier molecular flexibility index (Phi) is 2.67. The summed E-state index contributed by atoms with van der Waals surface area (Å²) in [7, 11) is 0. The second-order valence-corrected chi connectivity index (χ2v) is 2.91. The number of rotatable bonds is 3.